The van der Waals surface area contributed by atoms with Crippen molar-refractivity contribution in [1.82, 2.24) is 0 Å². The molecule has 0 saturated heterocycles. The van der Waals surface area contributed by atoms with Gasteiger partial charge in [0.25, 0.3) is 0 Å². The molecule has 4 aliphatic carbocycles. The lowest BCUT2D eigenvalue weighted by Gasteiger charge is -2.28. The largest absolute Gasteiger partial charge is 0.355 e. The topological polar surface area (TPSA) is 12.0 Å². The minimum atomic E-state index is 0.136. The Bertz CT molecular complexity index is 1020. The maximum absolute atomic E-state index is 3.94. The summed E-state index contributed by atoms with van der Waals surface area (Å²) in [5.74, 6) is 5.42. The van der Waals surface area contributed by atoms with Gasteiger partial charge in [-0.1, -0.05) is 66.5 Å². The number of anilines is 2. The van der Waals surface area contributed by atoms with Gasteiger partial charge >= 0.3 is 0 Å². The standard InChI is InChI=1S/C34H47N/c1-33(2,3)27-18-28(34(4,5)6)20-30(19-27)35-29-16-25(31-13-21-7-9-23(31)11-21)15-26(17-29)32-14-22-8-10-24(32)12-22/h15-24,31-32,35H,7-14H2,1-6H3. The third-order valence-electron chi connectivity index (χ3n) is 10.3. The monoisotopic (exact) mass is 469 g/mol. The molecule has 4 fully saturated rings. The summed E-state index contributed by atoms with van der Waals surface area (Å²) in [4.78, 5) is 0. The van der Waals surface area contributed by atoms with E-state index in [9.17, 15) is 0 Å². The summed E-state index contributed by atoms with van der Waals surface area (Å²) < 4.78 is 0. The van der Waals surface area contributed by atoms with Crippen molar-refractivity contribution >= 4 is 11.4 Å². The zero-order chi connectivity index (χ0) is 24.5. The molecule has 6 atom stereocenters. The summed E-state index contributed by atoms with van der Waals surface area (Å²) in [5.41, 5.74) is 8.98. The van der Waals surface area contributed by atoms with Gasteiger partial charge in [0.15, 0.2) is 0 Å². The van der Waals surface area contributed by atoms with Gasteiger partial charge in [0.2, 0.25) is 0 Å². The molecular weight excluding hydrogens is 422 g/mol. The summed E-state index contributed by atoms with van der Waals surface area (Å²) >= 11 is 0. The molecule has 4 aliphatic rings. The fourth-order valence-electron chi connectivity index (χ4n) is 8.22. The molecular formula is C34H47N. The molecule has 2 aromatic rings. The van der Waals surface area contributed by atoms with E-state index in [0.29, 0.717) is 0 Å². The highest BCUT2D eigenvalue weighted by Crippen LogP contribution is 2.56. The fraction of sp³-hybridized carbons (Fsp3) is 0.647. The molecule has 1 N–H and O–H groups in total. The zero-order valence-corrected chi connectivity index (χ0v) is 23.1. The third kappa shape index (κ3) is 4.58. The van der Waals surface area contributed by atoms with Crippen LogP contribution in [0.3, 0.4) is 0 Å². The molecule has 6 rings (SSSR count). The quantitative estimate of drug-likeness (QED) is 0.470. The van der Waals surface area contributed by atoms with Crippen LogP contribution in [-0.2, 0) is 10.8 Å². The summed E-state index contributed by atoms with van der Waals surface area (Å²) in [7, 11) is 0. The zero-order valence-electron chi connectivity index (χ0n) is 23.1. The summed E-state index contributed by atoms with van der Waals surface area (Å²) in [6.45, 7) is 14.0. The molecule has 1 heteroatoms. The lowest BCUT2D eigenvalue weighted by Crippen LogP contribution is -2.17. The second kappa shape index (κ2) is 8.39. The second-order valence-electron chi connectivity index (χ2n) is 14.9. The molecule has 4 bridgehead atoms. The van der Waals surface area contributed by atoms with E-state index in [1.165, 1.54) is 73.9 Å². The molecule has 0 aliphatic heterocycles. The van der Waals surface area contributed by atoms with Crippen molar-refractivity contribution in [2.75, 3.05) is 5.32 Å². The average molecular weight is 470 g/mol. The van der Waals surface area contributed by atoms with Gasteiger partial charge in [0.1, 0.15) is 0 Å². The fourth-order valence-corrected chi connectivity index (χ4v) is 8.22. The van der Waals surface area contributed by atoms with Crippen molar-refractivity contribution < 1.29 is 0 Å². The highest BCUT2D eigenvalue weighted by atomic mass is 14.9. The molecule has 0 amide bonds. The van der Waals surface area contributed by atoms with Crippen LogP contribution in [0.1, 0.15) is 127 Å². The summed E-state index contributed by atoms with van der Waals surface area (Å²) in [6.07, 6.45) is 11.7. The number of nitrogens with one attached hydrogen (secondary N) is 1. The highest BCUT2D eigenvalue weighted by Gasteiger charge is 2.42. The molecule has 2 aromatic carbocycles. The molecule has 1 nitrogen and oxygen atoms in total. The van der Waals surface area contributed by atoms with Crippen LogP contribution in [-0.4, -0.2) is 0 Å². The second-order valence-corrected chi connectivity index (χ2v) is 14.9. The van der Waals surface area contributed by atoms with Crippen LogP contribution >= 0.6 is 0 Å². The van der Waals surface area contributed by atoms with E-state index < -0.39 is 0 Å². The Morgan fingerprint density at radius 2 is 1.00 bits per heavy atom. The van der Waals surface area contributed by atoms with E-state index in [2.05, 4.69) is 83.3 Å². The number of benzene rings is 2. The minimum Gasteiger partial charge on any atom is -0.355 e. The number of rotatable bonds is 4. The van der Waals surface area contributed by atoms with E-state index in [-0.39, 0.29) is 10.8 Å². The van der Waals surface area contributed by atoms with Crippen LogP contribution in [0.25, 0.3) is 0 Å². The first-order chi connectivity index (χ1) is 16.5. The van der Waals surface area contributed by atoms with E-state index in [1.54, 1.807) is 11.1 Å². The van der Waals surface area contributed by atoms with E-state index in [0.717, 1.165) is 35.5 Å². The Balaban J connectivity index is 1.38. The van der Waals surface area contributed by atoms with Crippen LogP contribution in [0.15, 0.2) is 36.4 Å². The van der Waals surface area contributed by atoms with Crippen molar-refractivity contribution in [3.63, 3.8) is 0 Å². The van der Waals surface area contributed by atoms with Gasteiger partial charge in [-0.3, -0.25) is 0 Å². The minimum absolute atomic E-state index is 0.136. The number of hydrogen-bond acceptors (Lipinski definition) is 1. The van der Waals surface area contributed by atoms with Gasteiger partial charge in [-0.2, -0.15) is 0 Å². The molecule has 4 saturated carbocycles. The summed E-state index contributed by atoms with van der Waals surface area (Å²) in [5, 5.41) is 3.94. The Hall–Kier alpha value is -1.76. The molecule has 188 valence electrons. The van der Waals surface area contributed by atoms with Crippen LogP contribution in [0.2, 0.25) is 0 Å². The molecule has 0 aromatic heterocycles. The molecule has 0 heterocycles. The predicted molar refractivity (Wildman–Crippen MR) is 150 cm³/mol. The normalized spacial score (nSPS) is 31.9. The van der Waals surface area contributed by atoms with E-state index >= 15 is 0 Å². The van der Waals surface area contributed by atoms with Gasteiger partial charge in [0, 0.05) is 11.4 Å². The Kier molecular flexibility index (Phi) is 5.66. The Labute approximate surface area is 214 Å². The summed E-state index contributed by atoms with van der Waals surface area (Å²) in [6, 6.07) is 14.9. The maximum atomic E-state index is 3.94. The van der Waals surface area contributed by atoms with E-state index in [1.807, 2.05) is 0 Å². The van der Waals surface area contributed by atoms with E-state index in [4.69, 9.17) is 0 Å². The predicted octanol–water partition coefficient (Wildman–Crippen LogP) is 9.83. The average Bonchev–Trinajstić information content (AvgIpc) is 3.59. The van der Waals surface area contributed by atoms with Crippen LogP contribution < -0.4 is 5.32 Å². The SMILES string of the molecule is CC(C)(C)c1cc(Nc2cc(C3CC4CCC3C4)cc(C3CC4CCC3C4)c2)cc(C(C)(C)C)c1. The molecule has 0 spiro atoms. The Morgan fingerprint density at radius 3 is 1.37 bits per heavy atom. The van der Waals surface area contributed by atoms with Gasteiger partial charge < -0.3 is 5.32 Å². The van der Waals surface area contributed by atoms with Gasteiger partial charge in [0.05, 0.1) is 0 Å². The highest BCUT2D eigenvalue weighted by molar-refractivity contribution is 5.64. The lowest BCUT2D eigenvalue weighted by molar-refractivity contribution is 0.412. The first kappa shape index (κ1) is 23.6. The van der Waals surface area contributed by atoms with Gasteiger partial charge in [-0.05, 0) is 131 Å². The van der Waals surface area contributed by atoms with Crippen LogP contribution in [0.5, 0.6) is 0 Å². The first-order valence-electron chi connectivity index (χ1n) is 14.6. The van der Waals surface area contributed by atoms with Gasteiger partial charge in [-0.25, -0.2) is 0 Å². The molecule has 6 unspecified atom stereocenters. The van der Waals surface area contributed by atoms with Crippen molar-refractivity contribution in [2.45, 2.75) is 116 Å². The maximum Gasteiger partial charge on any atom is 0.0390 e. The third-order valence-corrected chi connectivity index (χ3v) is 10.3. The number of hydrogen-bond donors (Lipinski definition) is 1. The van der Waals surface area contributed by atoms with Gasteiger partial charge in [-0.15, -0.1) is 0 Å². The van der Waals surface area contributed by atoms with Crippen molar-refractivity contribution in [2.24, 2.45) is 23.7 Å². The Morgan fingerprint density at radius 1 is 0.543 bits per heavy atom. The van der Waals surface area contributed by atoms with Crippen LogP contribution in [0, 0.1) is 23.7 Å². The first-order valence-corrected chi connectivity index (χ1v) is 14.6. The number of fused-ring (bicyclic) bond motifs is 4. The van der Waals surface area contributed by atoms with Crippen LogP contribution in [0.4, 0.5) is 11.4 Å². The smallest absolute Gasteiger partial charge is 0.0390 e. The van der Waals surface area contributed by atoms with Crippen molar-refractivity contribution in [3.05, 3.63) is 58.7 Å². The molecule has 35 heavy (non-hydrogen) atoms. The van der Waals surface area contributed by atoms with Crippen molar-refractivity contribution in [1.29, 1.82) is 0 Å². The molecule has 0 radical (unpaired) electrons. The lowest BCUT2D eigenvalue weighted by atomic mass is 9.79. The van der Waals surface area contributed by atoms with Crippen molar-refractivity contribution in [3.8, 4) is 0 Å².